The number of nitrogens with zero attached hydrogens (tertiary/aromatic N) is 5. The van der Waals surface area contributed by atoms with E-state index in [1.165, 1.54) is 16.2 Å². The lowest BCUT2D eigenvalue weighted by Gasteiger charge is -2.24. The van der Waals surface area contributed by atoms with E-state index in [0.29, 0.717) is 12.5 Å². The van der Waals surface area contributed by atoms with Gasteiger partial charge in [-0.1, -0.05) is 17.2 Å². The lowest BCUT2D eigenvalue weighted by molar-refractivity contribution is 0.160. The molecular formula is C14H10N6OS2. The molecule has 0 fully saturated rings. The second-order valence-electron chi connectivity index (χ2n) is 4.71. The molecule has 0 aromatic carbocycles. The van der Waals surface area contributed by atoms with Crippen LogP contribution >= 0.6 is 22.7 Å². The Morgan fingerprint density at radius 3 is 3.13 bits per heavy atom. The Labute approximate surface area is 139 Å². The Balaban J connectivity index is 1.69. The highest BCUT2D eigenvalue weighted by Crippen LogP contribution is 2.33. The van der Waals surface area contributed by atoms with Crippen LogP contribution < -0.4 is 5.32 Å². The molecule has 2 aliphatic heterocycles. The molecule has 0 saturated heterocycles. The van der Waals surface area contributed by atoms with Gasteiger partial charge < -0.3 is 5.32 Å². The van der Waals surface area contributed by atoms with Crippen molar-refractivity contribution < 1.29 is 4.79 Å². The van der Waals surface area contributed by atoms with Gasteiger partial charge in [0.05, 0.1) is 17.2 Å². The largest absolute Gasteiger partial charge is 0.362 e. The summed E-state index contributed by atoms with van der Waals surface area (Å²) in [6, 6.07) is 3.73. The zero-order chi connectivity index (χ0) is 15.8. The van der Waals surface area contributed by atoms with Crippen molar-refractivity contribution in [2.24, 2.45) is 10.3 Å². The Morgan fingerprint density at radius 2 is 2.35 bits per heavy atom. The third-order valence-corrected chi connectivity index (χ3v) is 5.08. The highest BCUT2D eigenvalue weighted by Gasteiger charge is 2.35. The fraction of sp³-hybridized carbons (Fsp3) is 0.143. The maximum atomic E-state index is 12.3. The van der Waals surface area contributed by atoms with Gasteiger partial charge in [0.1, 0.15) is 17.2 Å². The van der Waals surface area contributed by atoms with Crippen LogP contribution in [0.15, 0.2) is 39.1 Å². The molecular weight excluding hydrogens is 332 g/mol. The highest BCUT2D eigenvalue weighted by molar-refractivity contribution is 7.14. The Kier molecular flexibility index (Phi) is 3.33. The number of thiazole rings is 1. The summed E-state index contributed by atoms with van der Waals surface area (Å²) in [5.74, 6) is 2.87. The van der Waals surface area contributed by atoms with E-state index < -0.39 is 0 Å². The summed E-state index contributed by atoms with van der Waals surface area (Å²) in [7, 11) is 0. The molecule has 0 bridgehead atoms. The number of urea groups is 1. The summed E-state index contributed by atoms with van der Waals surface area (Å²) < 4.78 is 0. The number of carbonyl (C=O) groups excluding carboxylic acids is 1. The SMILES string of the molecule is C#CCN1N=NC2=C(c3nc(-c4cccs4)cs3)NCN2C1=O. The quantitative estimate of drug-likeness (QED) is 0.872. The molecule has 1 N–H and O–H groups in total. The van der Waals surface area contributed by atoms with E-state index in [1.807, 2.05) is 22.9 Å². The van der Waals surface area contributed by atoms with Crippen molar-refractivity contribution in [1.82, 2.24) is 20.2 Å². The van der Waals surface area contributed by atoms with Crippen LogP contribution in [-0.4, -0.2) is 34.1 Å². The maximum absolute atomic E-state index is 12.3. The van der Waals surface area contributed by atoms with Crippen LogP contribution in [0.3, 0.4) is 0 Å². The molecule has 9 heteroatoms. The number of hydrogen-bond acceptors (Lipinski definition) is 7. The van der Waals surface area contributed by atoms with Crippen LogP contribution in [-0.2, 0) is 0 Å². The molecule has 0 spiro atoms. The van der Waals surface area contributed by atoms with Crippen LogP contribution in [0.4, 0.5) is 4.79 Å². The Hall–Kier alpha value is -2.70. The molecule has 2 amide bonds. The number of carbonyl (C=O) groups is 1. The number of terminal acetylenes is 1. The van der Waals surface area contributed by atoms with E-state index in [0.717, 1.165) is 26.3 Å². The van der Waals surface area contributed by atoms with E-state index in [4.69, 9.17) is 6.42 Å². The third-order valence-electron chi connectivity index (χ3n) is 3.33. The molecule has 0 radical (unpaired) electrons. The van der Waals surface area contributed by atoms with Gasteiger partial charge in [-0.25, -0.2) is 9.78 Å². The summed E-state index contributed by atoms with van der Waals surface area (Å²) in [4.78, 5) is 19.5. The molecule has 114 valence electrons. The minimum atomic E-state index is -0.287. The lowest BCUT2D eigenvalue weighted by Crippen LogP contribution is -2.42. The molecule has 2 aliphatic rings. The highest BCUT2D eigenvalue weighted by atomic mass is 32.1. The van der Waals surface area contributed by atoms with E-state index >= 15 is 0 Å². The fourth-order valence-electron chi connectivity index (χ4n) is 2.27. The minimum absolute atomic E-state index is 0.0984. The van der Waals surface area contributed by atoms with E-state index in [9.17, 15) is 4.79 Å². The smallest absolute Gasteiger partial charge is 0.349 e. The second kappa shape index (κ2) is 5.49. The van der Waals surface area contributed by atoms with E-state index in [-0.39, 0.29) is 12.6 Å². The monoisotopic (exact) mass is 342 g/mol. The molecule has 2 aromatic rings. The molecule has 4 rings (SSSR count). The molecule has 0 aliphatic carbocycles. The average molecular weight is 342 g/mol. The van der Waals surface area contributed by atoms with E-state index in [1.54, 1.807) is 11.3 Å². The summed E-state index contributed by atoms with van der Waals surface area (Å²) in [5.41, 5.74) is 1.64. The number of rotatable bonds is 3. The van der Waals surface area contributed by atoms with Crippen molar-refractivity contribution in [2.75, 3.05) is 13.2 Å². The van der Waals surface area contributed by atoms with Gasteiger partial charge in [-0.2, -0.15) is 5.01 Å². The summed E-state index contributed by atoms with van der Waals surface area (Å²) in [5, 5.41) is 17.1. The summed E-state index contributed by atoms with van der Waals surface area (Å²) in [6.45, 7) is 0.429. The molecule has 7 nitrogen and oxygen atoms in total. The third kappa shape index (κ3) is 2.28. The Bertz CT molecular complexity index is 860. The predicted octanol–water partition coefficient (Wildman–Crippen LogP) is 2.80. The normalized spacial score (nSPS) is 16.6. The van der Waals surface area contributed by atoms with Gasteiger partial charge in [-0.3, -0.25) is 4.90 Å². The molecule has 23 heavy (non-hydrogen) atoms. The van der Waals surface area contributed by atoms with Crippen molar-refractivity contribution in [3.63, 3.8) is 0 Å². The fourth-order valence-corrected chi connectivity index (χ4v) is 3.86. The lowest BCUT2D eigenvalue weighted by atomic mass is 10.4. The van der Waals surface area contributed by atoms with Crippen LogP contribution in [0.5, 0.6) is 0 Å². The van der Waals surface area contributed by atoms with Crippen molar-refractivity contribution in [2.45, 2.75) is 0 Å². The first-order chi connectivity index (χ1) is 11.3. The van der Waals surface area contributed by atoms with Crippen LogP contribution in [0.2, 0.25) is 0 Å². The zero-order valence-electron chi connectivity index (χ0n) is 11.8. The maximum Gasteiger partial charge on any atom is 0.349 e. The van der Waals surface area contributed by atoms with Gasteiger partial charge in [0.15, 0.2) is 5.82 Å². The van der Waals surface area contributed by atoms with Gasteiger partial charge in [0.2, 0.25) is 0 Å². The molecule has 4 heterocycles. The van der Waals surface area contributed by atoms with Crippen LogP contribution in [0.1, 0.15) is 5.01 Å². The number of thiophene rings is 1. The van der Waals surface area contributed by atoms with Crippen molar-refractivity contribution in [3.8, 4) is 22.9 Å². The van der Waals surface area contributed by atoms with E-state index in [2.05, 4.69) is 26.6 Å². The number of amides is 2. The molecule has 2 aromatic heterocycles. The van der Waals surface area contributed by atoms with Gasteiger partial charge >= 0.3 is 6.03 Å². The first kappa shape index (κ1) is 13.9. The molecule has 0 unspecified atom stereocenters. The standard InChI is InChI=1S/C14H10N6OS2/c1-2-5-20-14(21)19-8-15-11(12(19)17-18-20)13-16-9(7-23-13)10-4-3-6-22-10/h1,3-4,6-7,15H,5,8H2. The molecule has 0 saturated carbocycles. The average Bonchev–Trinajstić information content (AvgIpc) is 3.29. The van der Waals surface area contributed by atoms with Crippen molar-refractivity contribution in [1.29, 1.82) is 0 Å². The zero-order valence-corrected chi connectivity index (χ0v) is 13.4. The number of nitrogens with one attached hydrogen (secondary N) is 1. The topological polar surface area (TPSA) is 73.2 Å². The Morgan fingerprint density at radius 1 is 1.43 bits per heavy atom. The number of fused-ring (bicyclic) bond motifs is 1. The van der Waals surface area contributed by atoms with Crippen LogP contribution in [0, 0.1) is 12.3 Å². The first-order valence-electron chi connectivity index (χ1n) is 6.70. The first-order valence-corrected chi connectivity index (χ1v) is 8.46. The molecule has 0 atom stereocenters. The van der Waals surface area contributed by atoms with Gasteiger partial charge in [0, 0.05) is 5.38 Å². The number of hydrogen-bond donors (Lipinski definition) is 1. The summed E-state index contributed by atoms with van der Waals surface area (Å²) >= 11 is 3.14. The predicted molar refractivity (Wildman–Crippen MR) is 88.0 cm³/mol. The van der Waals surface area contributed by atoms with Crippen molar-refractivity contribution in [3.05, 3.63) is 33.7 Å². The van der Waals surface area contributed by atoms with Gasteiger partial charge in [-0.15, -0.1) is 34.2 Å². The van der Waals surface area contributed by atoms with Gasteiger partial charge in [0.25, 0.3) is 0 Å². The summed E-state index contributed by atoms with van der Waals surface area (Å²) in [6.07, 6.45) is 5.23. The van der Waals surface area contributed by atoms with Crippen LogP contribution in [0.25, 0.3) is 16.3 Å². The second-order valence-corrected chi connectivity index (χ2v) is 6.52. The van der Waals surface area contributed by atoms with Crippen molar-refractivity contribution >= 4 is 34.4 Å². The minimum Gasteiger partial charge on any atom is -0.362 e. The number of aromatic nitrogens is 1. The van der Waals surface area contributed by atoms with Gasteiger partial charge in [-0.05, 0) is 11.4 Å².